The van der Waals surface area contributed by atoms with Gasteiger partial charge in [0.15, 0.2) is 11.6 Å². The topological polar surface area (TPSA) is 43.4 Å². The number of ketones is 2. The Kier molecular flexibility index (Phi) is 5.00. The van der Waals surface area contributed by atoms with Crippen molar-refractivity contribution < 1.29 is 14.3 Å². The summed E-state index contributed by atoms with van der Waals surface area (Å²) in [5.74, 6) is -0.411. The summed E-state index contributed by atoms with van der Waals surface area (Å²) in [5, 5.41) is 0. The molecule has 0 amide bonds. The lowest BCUT2D eigenvalue weighted by Crippen LogP contribution is -2.09. The van der Waals surface area contributed by atoms with E-state index in [1.165, 1.54) is 13.2 Å². The van der Waals surface area contributed by atoms with Gasteiger partial charge in [0.1, 0.15) is 0 Å². The van der Waals surface area contributed by atoms with Crippen LogP contribution < -0.4 is 0 Å². The van der Waals surface area contributed by atoms with E-state index < -0.39 is 0 Å². The number of carbonyl (C=O) groups is 2. The van der Waals surface area contributed by atoms with Crippen molar-refractivity contribution in [2.45, 2.75) is 27.2 Å². The Morgan fingerprint density at radius 1 is 1.33 bits per heavy atom. The van der Waals surface area contributed by atoms with Crippen molar-refractivity contribution >= 4 is 11.6 Å². The van der Waals surface area contributed by atoms with Crippen LogP contribution >= 0.6 is 0 Å². The van der Waals surface area contributed by atoms with Crippen molar-refractivity contribution in [1.82, 2.24) is 0 Å². The highest BCUT2D eigenvalue weighted by atomic mass is 16.5. The number of carbonyl (C=O) groups excluding carboxylic acids is 2. The second-order valence-corrected chi connectivity index (χ2v) is 2.32. The Balaban J connectivity index is 4.43. The minimum absolute atomic E-state index is 0.152. The molecule has 0 aliphatic rings. The minimum atomic E-state index is -0.240. The zero-order valence-electron chi connectivity index (χ0n) is 7.72. The van der Waals surface area contributed by atoms with Gasteiger partial charge in [0.25, 0.3) is 0 Å². The van der Waals surface area contributed by atoms with Gasteiger partial charge in [-0.3, -0.25) is 9.59 Å². The fourth-order valence-corrected chi connectivity index (χ4v) is 0.702. The molecule has 0 unspecified atom stereocenters. The SMILES string of the molecule is CCO/C=C(/C(C)=O)C(=O)CC. The molecule has 0 aromatic heterocycles. The maximum Gasteiger partial charge on any atom is 0.169 e. The number of rotatable bonds is 5. The third-order valence-electron chi connectivity index (χ3n) is 1.37. The van der Waals surface area contributed by atoms with E-state index in [0.29, 0.717) is 13.0 Å². The van der Waals surface area contributed by atoms with E-state index in [1.807, 2.05) is 0 Å². The number of allylic oxidation sites excluding steroid dienone is 1. The van der Waals surface area contributed by atoms with Gasteiger partial charge in [0.2, 0.25) is 0 Å². The van der Waals surface area contributed by atoms with Gasteiger partial charge >= 0.3 is 0 Å². The predicted molar refractivity (Wildman–Crippen MR) is 45.7 cm³/mol. The van der Waals surface area contributed by atoms with Crippen molar-refractivity contribution in [1.29, 1.82) is 0 Å². The van der Waals surface area contributed by atoms with E-state index in [9.17, 15) is 9.59 Å². The third kappa shape index (κ3) is 3.32. The molecule has 0 aliphatic carbocycles. The van der Waals surface area contributed by atoms with Gasteiger partial charge in [-0.2, -0.15) is 0 Å². The molecule has 3 nitrogen and oxygen atoms in total. The average molecular weight is 170 g/mol. The summed E-state index contributed by atoms with van der Waals surface area (Å²) in [4.78, 5) is 22.0. The van der Waals surface area contributed by atoms with Gasteiger partial charge in [-0.25, -0.2) is 0 Å². The molecular formula is C9H14O3. The molecule has 68 valence electrons. The molecule has 0 atom stereocenters. The Bertz CT molecular complexity index is 204. The first-order valence-electron chi connectivity index (χ1n) is 3.99. The van der Waals surface area contributed by atoms with Crippen molar-refractivity contribution in [3.63, 3.8) is 0 Å². The van der Waals surface area contributed by atoms with Gasteiger partial charge < -0.3 is 4.74 Å². The van der Waals surface area contributed by atoms with Crippen LogP contribution in [0.4, 0.5) is 0 Å². The van der Waals surface area contributed by atoms with Crippen molar-refractivity contribution in [2.75, 3.05) is 6.61 Å². The second kappa shape index (κ2) is 5.52. The lowest BCUT2D eigenvalue weighted by Gasteiger charge is -2.00. The van der Waals surface area contributed by atoms with Crippen LogP contribution in [0.25, 0.3) is 0 Å². The maximum atomic E-state index is 11.1. The van der Waals surface area contributed by atoms with E-state index in [4.69, 9.17) is 4.74 Å². The second-order valence-electron chi connectivity index (χ2n) is 2.32. The Hall–Kier alpha value is -1.12. The number of hydrogen-bond acceptors (Lipinski definition) is 3. The quantitative estimate of drug-likeness (QED) is 0.271. The summed E-state index contributed by atoms with van der Waals surface area (Å²) in [6.45, 7) is 5.34. The first-order chi connectivity index (χ1) is 5.63. The summed E-state index contributed by atoms with van der Waals surface area (Å²) < 4.78 is 4.88. The molecule has 0 aromatic rings. The van der Waals surface area contributed by atoms with E-state index in [0.717, 1.165) is 0 Å². The third-order valence-corrected chi connectivity index (χ3v) is 1.37. The normalized spacial score (nSPS) is 11.1. The van der Waals surface area contributed by atoms with Crippen LogP contribution in [0.5, 0.6) is 0 Å². The molecule has 0 saturated heterocycles. The number of Topliss-reactive ketones (excluding diaryl/α,β-unsaturated/α-hetero) is 2. The van der Waals surface area contributed by atoms with Crippen LogP contribution in [0.1, 0.15) is 27.2 Å². The number of hydrogen-bond donors (Lipinski definition) is 0. The van der Waals surface area contributed by atoms with Gasteiger partial charge in [-0.15, -0.1) is 0 Å². The Morgan fingerprint density at radius 3 is 2.25 bits per heavy atom. The highest BCUT2D eigenvalue weighted by Crippen LogP contribution is 2.01. The van der Waals surface area contributed by atoms with Gasteiger partial charge in [-0.05, 0) is 13.8 Å². The standard InChI is InChI=1S/C9H14O3/c1-4-9(11)8(7(3)10)6-12-5-2/h6H,4-5H2,1-3H3/b8-6-. The fourth-order valence-electron chi connectivity index (χ4n) is 0.702. The monoisotopic (exact) mass is 170 g/mol. The van der Waals surface area contributed by atoms with E-state index >= 15 is 0 Å². The molecular weight excluding hydrogens is 156 g/mol. The predicted octanol–water partition coefficient (Wildman–Crippen LogP) is 1.47. The summed E-state index contributed by atoms with van der Waals surface area (Å²) in [6, 6.07) is 0. The molecule has 3 heteroatoms. The molecule has 12 heavy (non-hydrogen) atoms. The smallest absolute Gasteiger partial charge is 0.169 e. The van der Waals surface area contributed by atoms with Crippen LogP contribution in [-0.2, 0) is 14.3 Å². The van der Waals surface area contributed by atoms with Crippen LogP contribution in [-0.4, -0.2) is 18.2 Å². The Labute approximate surface area is 72.4 Å². The molecule has 0 saturated carbocycles. The van der Waals surface area contributed by atoms with Gasteiger partial charge in [0, 0.05) is 6.42 Å². The van der Waals surface area contributed by atoms with E-state index in [2.05, 4.69) is 0 Å². The van der Waals surface area contributed by atoms with Crippen molar-refractivity contribution in [2.24, 2.45) is 0 Å². The molecule has 0 spiro atoms. The maximum absolute atomic E-state index is 11.1. The molecule has 0 aromatic carbocycles. The van der Waals surface area contributed by atoms with Crippen LogP contribution in [0.3, 0.4) is 0 Å². The molecule has 0 fully saturated rings. The highest BCUT2D eigenvalue weighted by molar-refractivity contribution is 6.18. The zero-order valence-corrected chi connectivity index (χ0v) is 7.72. The van der Waals surface area contributed by atoms with Crippen molar-refractivity contribution in [3.05, 3.63) is 11.8 Å². The molecule has 0 N–H and O–H groups in total. The van der Waals surface area contributed by atoms with Crippen LogP contribution in [0.2, 0.25) is 0 Å². The zero-order chi connectivity index (χ0) is 9.56. The molecule has 0 aliphatic heterocycles. The van der Waals surface area contributed by atoms with E-state index in [1.54, 1.807) is 13.8 Å². The Morgan fingerprint density at radius 2 is 1.92 bits per heavy atom. The molecule has 0 radical (unpaired) electrons. The van der Waals surface area contributed by atoms with Crippen LogP contribution in [0, 0.1) is 0 Å². The first kappa shape index (κ1) is 10.9. The fraction of sp³-hybridized carbons (Fsp3) is 0.556. The van der Waals surface area contributed by atoms with Crippen LogP contribution in [0.15, 0.2) is 11.8 Å². The number of ether oxygens (including phenoxy) is 1. The van der Waals surface area contributed by atoms with Crippen molar-refractivity contribution in [3.8, 4) is 0 Å². The molecule has 0 bridgehead atoms. The summed E-state index contributed by atoms with van der Waals surface area (Å²) in [7, 11) is 0. The summed E-state index contributed by atoms with van der Waals surface area (Å²) in [6.07, 6.45) is 1.58. The highest BCUT2D eigenvalue weighted by Gasteiger charge is 2.11. The van der Waals surface area contributed by atoms with E-state index in [-0.39, 0.29) is 17.1 Å². The molecule has 0 rings (SSSR count). The van der Waals surface area contributed by atoms with Gasteiger partial charge in [0.05, 0.1) is 18.4 Å². The first-order valence-corrected chi connectivity index (χ1v) is 3.99. The average Bonchev–Trinajstić information content (AvgIpc) is 2.04. The summed E-state index contributed by atoms with van der Waals surface area (Å²) in [5.41, 5.74) is 0.152. The largest absolute Gasteiger partial charge is 0.501 e. The lowest BCUT2D eigenvalue weighted by atomic mass is 10.1. The van der Waals surface area contributed by atoms with Gasteiger partial charge in [-0.1, -0.05) is 6.92 Å². The summed E-state index contributed by atoms with van der Waals surface area (Å²) >= 11 is 0. The minimum Gasteiger partial charge on any atom is -0.501 e. The molecule has 0 heterocycles. The lowest BCUT2D eigenvalue weighted by molar-refractivity contribution is -0.120.